The topological polar surface area (TPSA) is 85.5 Å². The molecular formula is C13H13BrN2O4. The molecule has 0 saturated heterocycles. The third-order valence-corrected chi connectivity index (χ3v) is 3.00. The van der Waals surface area contributed by atoms with Crippen LogP contribution in [-0.4, -0.2) is 21.2 Å². The summed E-state index contributed by atoms with van der Waals surface area (Å²) in [5, 5.41) is 12.9. The summed E-state index contributed by atoms with van der Waals surface area (Å²) < 4.78 is 11.1. The van der Waals surface area contributed by atoms with Gasteiger partial charge in [0.05, 0.1) is 0 Å². The molecule has 0 atom stereocenters. The van der Waals surface area contributed by atoms with Crippen LogP contribution in [0.15, 0.2) is 27.2 Å². The summed E-state index contributed by atoms with van der Waals surface area (Å²) in [5.41, 5.74) is 0.0802. The van der Waals surface area contributed by atoms with E-state index in [9.17, 15) is 4.79 Å². The molecule has 1 heterocycles. The molecule has 0 aliphatic heterocycles. The van der Waals surface area contributed by atoms with Gasteiger partial charge in [-0.05, 0) is 24.6 Å². The van der Waals surface area contributed by atoms with Gasteiger partial charge in [-0.25, -0.2) is 4.79 Å². The number of rotatable bonds is 6. The van der Waals surface area contributed by atoms with Crippen LogP contribution in [0.5, 0.6) is 5.75 Å². The Morgan fingerprint density at radius 3 is 3.00 bits per heavy atom. The summed E-state index contributed by atoms with van der Waals surface area (Å²) in [4.78, 5) is 15.3. The molecule has 6 nitrogen and oxygen atoms in total. The van der Waals surface area contributed by atoms with Gasteiger partial charge >= 0.3 is 5.97 Å². The van der Waals surface area contributed by atoms with Crippen LogP contribution >= 0.6 is 15.9 Å². The van der Waals surface area contributed by atoms with Gasteiger partial charge in [0.1, 0.15) is 11.3 Å². The summed E-state index contributed by atoms with van der Waals surface area (Å²) in [6.45, 7) is 2.08. The van der Waals surface area contributed by atoms with Gasteiger partial charge < -0.3 is 14.4 Å². The standard InChI is InChI=1S/C13H13BrN2O4/c1-2-3-12-15-11(16-20-12)7-19-10-5-4-8(14)6-9(10)13(17)18/h4-6H,2-3,7H2,1H3,(H,17,18). The van der Waals surface area contributed by atoms with Gasteiger partial charge in [0, 0.05) is 10.9 Å². The van der Waals surface area contributed by atoms with E-state index in [0.717, 1.165) is 6.42 Å². The highest BCUT2D eigenvalue weighted by Gasteiger charge is 2.13. The second-order valence-corrected chi connectivity index (χ2v) is 5.00. The lowest BCUT2D eigenvalue weighted by atomic mass is 10.2. The average Bonchev–Trinajstić information content (AvgIpc) is 2.85. The van der Waals surface area contributed by atoms with Crippen LogP contribution in [0.25, 0.3) is 0 Å². The van der Waals surface area contributed by atoms with Gasteiger partial charge in [-0.2, -0.15) is 4.98 Å². The Balaban J connectivity index is 2.08. The number of carboxylic acid groups (broad SMARTS) is 1. The molecule has 0 aliphatic rings. The summed E-state index contributed by atoms with van der Waals surface area (Å²) in [6.07, 6.45) is 1.63. The molecule has 2 rings (SSSR count). The molecule has 0 fully saturated rings. The molecule has 0 unspecified atom stereocenters. The van der Waals surface area contributed by atoms with Gasteiger partial charge in [0.15, 0.2) is 6.61 Å². The minimum atomic E-state index is -1.05. The molecule has 0 amide bonds. The number of carboxylic acids is 1. The lowest BCUT2D eigenvalue weighted by Crippen LogP contribution is -2.04. The second-order valence-electron chi connectivity index (χ2n) is 4.09. The number of aromatic nitrogens is 2. The number of hydrogen-bond donors (Lipinski definition) is 1. The summed E-state index contributed by atoms with van der Waals surface area (Å²) in [5.74, 6) is 0.164. The lowest BCUT2D eigenvalue weighted by molar-refractivity contribution is 0.0691. The van der Waals surface area contributed by atoms with Gasteiger partial charge in [0.25, 0.3) is 0 Å². The van der Waals surface area contributed by atoms with Crippen molar-refractivity contribution in [2.24, 2.45) is 0 Å². The van der Waals surface area contributed by atoms with Crippen molar-refractivity contribution >= 4 is 21.9 Å². The largest absolute Gasteiger partial charge is 0.485 e. The normalized spacial score (nSPS) is 10.5. The SMILES string of the molecule is CCCc1nc(COc2ccc(Br)cc2C(=O)O)no1. The fraction of sp³-hybridized carbons (Fsp3) is 0.308. The number of aromatic carboxylic acids is 1. The third-order valence-electron chi connectivity index (χ3n) is 2.50. The van der Waals surface area contributed by atoms with Crippen molar-refractivity contribution in [3.63, 3.8) is 0 Å². The van der Waals surface area contributed by atoms with Crippen LogP contribution in [-0.2, 0) is 13.0 Å². The molecule has 1 aromatic heterocycles. The van der Waals surface area contributed by atoms with Gasteiger partial charge in [-0.1, -0.05) is 28.0 Å². The van der Waals surface area contributed by atoms with Crippen molar-refractivity contribution in [1.82, 2.24) is 10.1 Å². The van der Waals surface area contributed by atoms with Gasteiger partial charge in [-0.3, -0.25) is 0 Å². The molecule has 0 radical (unpaired) electrons. The number of halogens is 1. The van der Waals surface area contributed by atoms with E-state index >= 15 is 0 Å². The monoisotopic (exact) mass is 340 g/mol. The Morgan fingerprint density at radius 2 is 2.30 bits per heavy atom. The van der Waals surface area contributed by atoms with Crippen LogP contribution in [0.3, 0.4) is 0 Å². The van der Waals surface area contributed by atoms with Crippen LogP contribution < -0.4 is 4.74 Å². The summed E-state index contributed by atoms with van der Waals surface area (Å²) >= 11 is 3.22. The van der Waals surface area contributed by atoms with Gasteiger partial charge in [0.2, 0.25) is 11.7 Å². The number of ether oxygens (including phenoxy) is 1. The Morgan fingerprint density at radius 1 is 1.50 bits per heavy atom. The number of carbonyl (C=O) groups is 1. The maximum Gasteiger partial charge on any atom is 0.339 e. The molecular weight excluding hydrogens is 328 g/mol. The Labute approximate surface area is 123 Å². The maximum absolute atomic E-state index is 11.1. The fourth-order valence-electron chi connectivity index (χ4n) is 1.60. The van der Waals surface area contributed by atoms with E-state index in [4.69, 9.17) is 14.4 Å². The predicted molar refractivity (Wildman–Crippen MR) is 73.7 cm³/mol. The number of benzene rings is 1. The van der Waals surface area contributed by atoms with Gasteiger partial charge in [-0.15, -0.1) is 0 Å². The first-order valence-electron chi connectivity index (χ1n) is 6.07. The first-order chi connectivity index (χ1) is 9.60. The van der Waals surface area contributed by atoms with E-state index in [1.807, 2.05) is 6.92 Å². The number of aryl methyl sites for hydroxylation is 1. The molecule has 1 N–H and O–H groups in total. The zero-order chi connectivity index (χ0) is 14.5. The van der Waals surface area contributed by atoms with E-state index < -0.39 is 5.97 Å². The Hall–Kier alpha value is -1.89. The highest BCUT2D eigenvalue weighted by Crippen LogP contribution is 2.23. The van der Waals surface area contributed by atoms with Crippen LogP contribution in [0.2, 0.25) is 0 Å². The zero-order valence-electron chi connectivity index (χ0n) is 10.8. The fourth-order valence-corrected chi connectivity index (χ4v) is 1.96. The van der Waals surface area contributed by atoms with Crippen LogP contribution in [0.4, 0.5) is 0 Å². The molecule has 7 heteroatoms. The molecule has 0 bridgehead atoms. The number of hydrogen-bond acceptors (Lipinski definition) is 5. The minimum absolute atomic E-state index is 0.0646. The molecule has 2 aromatic rings. The van der Waals surface area contributed by atoms with Crippen molar-refractivity contribution in [3.8, 4) is 5.75 Å². The third kappa shape index (κ3) is 3.57. The highest BCUT2D eigenvalue weighted by atomic mass is 79.9. The molecule has 0 spiro atoms. The van der Waals surface area contributed by atoms with Crippen LogP contribution in [0.1, 0.15) is 35.4 Å². The van der Waals surface area contributed by atoms with Crippen molar-refractivity contribution < 1.29 is 19.2 Å². The van der Waals surface area contributed by atoms with Crippen molar-refractivity contribution in [2.45, 2.75) is 26.4 Å². The predicted octanol–water partition coefficient (Wildman–Crippen LogP) is 3.06. The smallest absolute Gasteiger partial charge is 0.339 e. The van der Waals surface area contributed by atoms with E-state index in [1.54, 1.807) is 12.1 Å². The summed E-state index contributed by atoms with van der Waals surface area (Å²) in [7, 11) is 0. The number of nitrogens with zero attached hydrogens (tertiary/aromatic N) is 2. The quantitative estimate of drug-likeness (QED) is 0.869. The Kier molecular flexibility index (Phi) is 4.73. The molecule has 106 valence electrons. The van der Waals surface area contributed by atoms with E-state index in [-0.39, 0.29) is 17.9 Å². The molecule has 1 aromatic carbocycles. The second kappa shape index (κ2) is 6.51. The Bertz CT molecular complexity index is 612. The van der Waals surface area contributed by atoms with Crippen LogP contribution in [0, 0.1) is 0 Å². The van der Waals surface area contributed by atoms with Crippen molar-refractivity contribution in [1.29, 1.82) is 0 Å². The summed E-state index contributed by atoms with van der Waals surface area (Å²) in [6, 6.07) is 4.78. The van der Waals surface area contributed by atoms with Crippen molar-refractivity contribution in [2.75, 3.05) is 0 Å². The average molecular weight is 341 g/mol. The zero-order valence-corrected chi connectivity index (χ0v) is 12.4. The first kappa shape index (κ1) is 14.5. The van der Waals surface area contributed by atoms with Crippen molar-refractivity contribution in [3.05, 3.63) is 40.0 Å². The maximum atomic E-state index is 11.1. The molecule has 0 saturated carbocycles. The lowest BCUT2D eigenvalue weighted by Gasteiger charge is -2.07. The molecule has 0 aliphatic carbocycles. The van der Waals surface area contributed by atoms with E-state index in [1.165, 1.54) is 6.07 Å². The minimum Gasteiger partial charge on any atom is -0.485 e. The highest BCUT2D eigenvalue weighted by molar-refractivity contribution is 9.10. The molecule has 20 heavy (non-hydrogen) atoms. The van der Waals surface area contributed by atoms with E-state index in [0.29, 0.717) is 22.6 Å². The van der Waals surface area contributed by atoms with E-state index in [2.05, 4.69) is 26.1 Å². The first-order valence-corrected chi connectivity index (χ1v) is 6.86.